The summed E-state index contributed by atoms with van der Waals surface area (Å²) in [6.07, 6.45) is 4.46. The SMILES string of the molecule is Cc1cnc(CNC(=O)c2/c(=N/c3ccccc3)c3ccc(N4CCCNCC4)nc3n3c2sc2ccccc23)cn1. The zero-order valence-corrected chi connectivity index (χ0v) is 24.1. The number of carbonyl (C=O) groups excluding carboxylic acids is 1. The number of para-hydroxylation sites is 2. The van der Waals surface area contributed by atoms with Crippen LogP contribution in [0.15, 0.2) is 84.1 Å². The third-order valence-electron chi connectivity index (χ3n) is 7.45. The molecule has 1 amide bonds. The van der Waals surface area contributed by atoms with Crippen molar-refractivity contribution in [3.8, 4) is 0 Å². The number of hydrogen-bond donors (Lipinski definition) is 2. The number of pyridine rings is 2. The summed E-state index contributed by atoms with van der Waals surface area (Å²) in [6.45, 7) is 5.90. The Balaban J connectivity index is 1.49. The van der Waals surface area contributed by atoms with E-state index < -0.39 is 0 Å². The van der Waals surface area contributed by atoms with E-state index in [-0.39, 0.29) is 12.5 Å². The molecule has 10 heteroatoms. The number of nitrogens with zero attached hydrogens (tertiary/aromatic N) is 6. The number of benzene rings is 2. The summed E-state index contributed by atoms with van der Waals surface area (Å²) in [5.74, 6) is 0.705. The lowest BCUT2D eigenvalue weighted by molar-refractivity contribution is 0.0951. The number of aromatic nitrogens is 4. The normalized spacial score (nSPS) is 14.5. The van der Waals surface area contributed by atoms with Gasteiger partial charge in [0.15, 0.2) is 0 Å². The van der Waals surface area contributed by atoms with Gasteiger partial charge < -0.3 is 15.5 Å². The first-order valence-corrected chi connectivity index (χ1v) is 15.0. The number of rotatable bonds is 5. The lowest BCUT2D eigenvalue weighted by atomic mass is 10.1. The molecule has 4 aromatic heterocycles. The van der Waals surface area contributed by atoms with Gasteiger partial charge in [-0.1, -0.05) is 30.3 Å². The van der Waals surface area contributed by atoms with Gasteiger partial charge in [0, 0.05) is 31.2 Å². The Morgan fingerprint density at radius 3 is 2.71 bits per heavy atom. The van der Waals surface area contributed by atoms with Gasteiger partial charge in [-0.3, -0.25) is 19.2 Å². The van der Waals surface area contributed by atoms with Gasteiger partial charge in [-0.25, -0.2) is 9.98 Å². The first kappa shape index (κ1) is 26.2. The fourth-order valence-electron chi connectivity index (χ4n) is 5.36. The van der Waals surface area contributed by atoms with Crippen LogP contribution in [0.3, 0.4) is 0 Å². The van der Waals surface area contributed by atoms with E-state index in [0.717, 1.165) is 75.9 Å². The molecule has 1 fully saturated rings. The second kappa shape index (κ2) is 11.3. The Bertz CT molecular complexity index is 1970. The second-order valence-electron chi connectivity index (χ2n) is 10.3. The van der Waals surface area contributed by atoms with Crippen LogP contribution < -0.4 is 20.9 Å². The number of nitrogens with one attached hydrogen (secondary N) is 2. The molecule has 2 aromatic carbocycles. The molecule has 0 aliphatic carbocycles. The van der Waals surface area contributed by atoms with Crippen LogP contribution in [0.5, 0.6) is 0 Å². The van der Waals surface area contributed by atoms with Crippen LogP contribution >= 0.6 is 11.3 Å². The number of carbonyl (C=O) groups is 1. The van der Waals surface area contributed by atoms with Gasteiger partial charge in [0.25, 0.3) is 5.91 Å². The Morgan fingerprint density at radius 2 is 1.86 bits per heavy atom. The minimum Gasteiger partial charge on any atom is -0.355 e. The third kappa shape index (κ3) is 4.99. The van der Waals surface area contributed by atoms with Crippen molar-refractivity contribution in [1.82, 2.24) is 30.0 Å². The van der Waals surface area contributed by atoms with E-state index in [1.807, 2.05) is 49.4 Å². The van der Waals surface area contributed by atoms with Crippen molar-refractivity contribution < 1.29 is 4.79 Å². The topological polar surface area (TPSA) is 99.8 Å². The number of anilines is 1. The molecule has 0 atom stereocenters. The molecule has 9 nitrogen and oxygen atoms in total. The van der Waals surface area contributed by atoms with E-state index in [2.05, 4.69) is 54.2 Å². The number of hydrogen-bond acceptors (Lipinski definition) is 8. The summed E-state index contributed by atoms with van der Waals surface area (Å²) in [6, 6.07) is 22.1. The molecule has 1 saturated heterocycles. The van der Waals surface area contributed by atoms with Gasteiger partial charge >= 0.3 is 0 Å². The minimum absolute atomic E-state index is 0.222. The summed E-state index contributed by atoms with van der Waals surface area (Å²) in [4.78, 5) is 36.3. The van der Waals surface area contributed by atoms with Crippen molar-refractivity contribution in [2.45, 2.75) is 19.9 Å². The molecule has 6 aromatic rings. The van der Waals surface area contributed by atoms with Gasteiger partial charge in [0.2, 0.25) is 0 Å². The molecule has 0 spiro atoms. The quantitative estimate of drug-likeness (QED) is 0.308. The van der Waals surface area contributed by atoms with Gasteiger partial charge in [-0.2, -0.15) is 0 Å². The maximum Gasteiger partial charge on any atom is 0.256 e. The van der Waals surface area contributed by atoms with E-state index in [4.69, 9.17) is 9.98 Å². The van der Waals surface area contributed by atoms with Gasteiger partial charge in [0.05, 0.1) is 45.4 Å². The Morgan fingerprint density at radius 1 is 1.00 bits per heavy atom. The molecule has 1 aliphatic heterocycles. The van der Waals surface area contributed by atoms with E-state index in [1.165, 1.54) is 0 Å². The van der Waals surface area contributed by atoms with Crippen LogP contribution in [-0.4, -0.2) is 51.4 Å². The lowest BCUT2D eigenvalue weighted by Gasteiger charge is -2.21. The monoisotopic (exact) mass is 574 g/mol. The van der Waals surface area contributed by atoms with Crippen molar-refractivity contribution in [2.24, 2.45) is 4.99 Å². The molecule has 0 bridgehead atoms. The van der Waals surface area contributed by atoms with Crippen molar-refractivity contribution in [3.63, 3.8) is 0 Å². The zero-order chi connectivity index (χ0) is 28.5. The fraction of sp³-hybridized carbons (Fsp3) is 0.219. The number of thiazole rings is 1. The Labute approximate surface area is 246 Å². The van der Waals surface area contributed by atoms with Crippen molar-refractivity contribution in [2.75, 3.05) is 31.1 Å². The molecule has 0 saturated carbocycles. The summed E-state index contributed by atoms with van der Waals surface area (Å²) in [5, 5.41) is 7.98. The highest BCUT2D eigenvalue weighted by atomic mass is 32.1. The molecular weight excluding hydrogens is 544 g/mol. The van der Waals surface area contributed by atoms with Crippen molar-refractivity contribution in [3.05, 3.63) is 101 Å². The summed E-state index contributed by atoms with van der Waals surface area (Å²) in [5.41, 5.74) is 4.60. The standard InChI is InChI=1S/C32H30N8OS/c1-21-18-35-23(19-34-21)20-36-31(41)28-29(37-22-8-3-2-4-9-22)24-12-13-27(39-16-7-14-33-15-17-39)38-30(24)40-25-10-5-6-11-26(25)42-32(28)40/h2-6,8-13,18-19,33H,7,14-17,20H2,1H3,(H,36,41)/b37-29+. The van der Waals surface area contributed by atoms with Crippen LogP contribution in [0.25, 0.3) is 26.1 Å². The first-order chi connectivity index (χ1) is 20.7. The largest absolute Gasteiger partial charge is 0.355 e. The number of fused-ring (bicyclic) bond motifs is 5. The maximum absolute atomic E-state index is 14.1. The molecule has 0 radical (unpaired) electrons. The van der Waals surface area contributed by atoms with E-state index in [1.54, 1.807) is 23.7 Å². The molecule has 1 aliphatic rings. The predicted molar refractivity (Wildman–Crippen MR) is 167 cm³/mol. The van der Waals surface area contributed by atoms with E-state index in [0.29, 0.717) is 16.6 Å². The molecule has 2 N–H and O–H groups in total. The van der Waals surface area contributed by atoms with Gasteiger partial charge in [-0.05, 0) is 56.3 Å². The van der Waals surface area contributed by atoms with Crippen LogP contribution in [0.4, 0.5) is 11.5 Å². The molecule has 7 rings (SSSR count). The first-order valence-electron chi connectivity index (χ1n) is 14.1. The van der Waals surface area contributed by atoms with Crippen LogP contribution in [0.1, 0.15) is 28.2 Å². The zero-order valence-electron chi connectivity index (χ0n) is 23.2. The summed E-state index contributed by atoms with van der Waals surface area (Å²) < 4.78 is 3.19. The van der Waals surface area contributed by atoms with Crippen LogP contribution in [0, 0.1) is 6.92 Å². The molecule has 0 unspecified atom stereocenters. The molecule has 42 heavy (non-hydrogen) atoms. The highest BCUT2D eigenvalue weighted by Gasteiger charge is 2.23. The van der Waals surface area contributed by atoms with Crippen molar-refractivity contribution in [1.29, 1.82) is 0 Å². The Kier molecular flexibility index (Phi) is 7.06. The number of amides is 1. The summed E-state index contributed by atoms with van der Waals surface area (Å²) >= 11 is 1.58. The second-order valence-corrected chi connectivity index (χ2v) is 11.4. The maximum atomic E-state index is 14.1. The lowest BCUT2D eigenvalue weighted by Crippen LogP contribution is -2.31. The third-order valence-corrected chi connectivity index (χ3v) is 8.59. The molecule has 210 valence electrons. The highest BCUT2D eigenvalue weighted by molar-refractivity contribution is 7.24. The smallest absolute Gasteiger partial charge is 0.256 e. The predicted octanol–water partition coefficient (Wildman–Crippen LogP) is 4.76. The van der Waals surface area contributed by atoms with Crippen LogP contribution in [-0.2, 0) is 6.54 Å². The average molecular weight is 575 g/mol. The van der Waals surface area contributed by atoms with Gasteiger partial charge in [0.1, 0.15) is 21.9 Å². The Hall–Kier alpha value is -4.67. The summed E-state index contributed by atoms with van der Waals surface area (Å²) in [7, 11) is 0. The molecular formula is C32H30N8OS. The van der Waals surface area contributed by atoms with E-state index in [9.17, 15) is 4.79 Å². The van der Waals surface area contributed by atoms with Crippen LogP contribution in [0.2, 0.25) is 0 Å². The molecule has 5 heterocycles. The average Bonchev–Trinajstić information content (AvgIpc) is 3.19. The fourth-order valence-corrected chi connectivity index (χ4v) is 6.55. The van der Waals surface area contributed by atoms with Gasteiger partial charge in [-0.15, -0.1) is 11.3 Å². The van der Waals surface area contributed by atoms with Crippen molar-refractivity contribution >= 4 is 54.8 Å². The number of aryl methyl sites for hydroxylation is 1. The van der Waals surface area contributed by atoms with E-state index >= 15 is 0 Å². The highest BCUT2D eigenvalue weighted by Crippen LogP contribution is 2.32. The minimum atomic E-state index is -0.222.